The van der Waals surface area contributed by atoms with E-state index in [4.69, 9.17) is 20.9 Å². The maximum atomic E-state index is 11.3. The van der Waals surface area contributed by atoms with Gasteiger partial charge in [-0.1, -0.05) is 61.7 Å². The van der Waals surface area contributed by atoms with Crippen molar-refractivity contribution >= 4 is 11.9 Å². The van der Waals surface area contributed by atoms with Crippen LogP contribution in [0.3, 0.4) is 0 Å². The summed E-state index contributed by atoms with van der Waals surface area (Å²) >= 11 is 0. The Morgan fingerprint density at radius 1 is 0.655 bits per heavy atom. The summed E-state index contributed by atoms with van der Waals surface area (Å²) in [6, 6.07) is 16.3. The van der Waals surface area contributed by atoms with E-state index in [1.807, 2.05) is 24.3 Å². The number of hydrogen-bond acceptors (Lipinski definition) is 6. The van der Waals surface area contributed by atoms with E-state index >= 15 is 0 Å². The van der Waals surface area contributed by atoms with Gasteiger partial charge in [-0.25, -0.2) is 9.59 Å². The second-order valence-electron chi connectivity index (χ2n) is 6.63. The highest BCUT2D eigenvalue weighted by atomic mass is 16.5. The van der Waals surface area contributed by atoms with Crippen molar-refractivity contribution in [2.45, 2.75) is 19.3 Å². The van der Waals surface area contributed by atoms with Gasteiger partial charge in [0.1, 0.15) is 11.4 Å². The van der Waals surface area contributed by atoms with Gasteiger partial charge in [0.2, 0.25) is 0 Å². The molecule has 29 heavy (non-hydrogen) atoms. The molecule has 0 aliphatic heterocycles. The van der Waals surface area contributed by atoms with Crippen LogP contribution in [-0.2, 0) is 38.3 Å². The summed E-state index contributed by atoms with van der Waals surface area (Å²) in [6.07, 6.45) is 2.05. The van der Waals surface area contributed by atoms with Crippen molar-refractivity contribution in [3.05, 3.63) is 95.3 Å². The zero-order valence-electron chi connectivity index (χ0n) is 16.4. The first-order chi connectivity index (χ1) is 13.8. The molecule has 0 bridgehead atoms. The van der Waals surface area contributed by atoms with Crippen molar-refractivity contribution in [2.24, 2.45) is 11.5 Å². The number of hydrogen-bond donors (Lipinski definition) is 2. The molecule has 0 fully saturated rings. The molecule has 4 N–H and O–H groups in total. The Morgan fingerprint density at radius 2 is 0.966 bits per heavy atom. The zero-order valence-corrected chi connectivity index (χ0v) is 16.4. The fourth-order valence-corrected chi connectivity index (χ4v) is 2.59. The molecule has 0 saturated carbocycles. The van der Waals surface area contributed by atoms with Crippen LogP contribution in [0, 0.1) is 0 Å². The van der Waals surface area contributed by atoms with Gasteiger partial charge in [-0.2, -0.15) is 0 Å². The van der Waals surface area contributed by atoms with Gasteiger partial charge in [-0.15, -0.1) is 0 Å². The minimum Gasteiger partial charge on any atom is -0.461 e. The van der Waals surface area contributed by atoms with Crippen LogP contribution in [0.2, 0.25) is 0 Å². The summed E-state index contributed by atoms with van der Waals surface area (Å²) < 4.78 is 9.99. The number of ether oxygens (including phenoxy) is 2. The van der Waals surface area contributed by atoms with E-state index < -0.39 is 11.9 Å². The van der Waals surface area contributed by atoms with Gasteiger partial charge in [0.15, 0.2) is 0 Å². The van der Waals surface area contributed by atoms with Crippen LogP contribution in [0.4, 0.5) is 0 Å². The summed E-state index contributed by atoms with van der Waals surface area (Å²) in [4.78, 5) is 22.5. The van der Waals surface area contributed by atoms with Gasteiger partial charge in [-0.05, 0) is 28.7 Å². The lowest BCUT2D eigenvalue weighted by molar-refractivity contribution is -0.139. The molecule has 0 aromatic heterocycles. The van der Waals surface area contributed by atoms with E-state index in [0.717, 1.165) is 17.5 Å². The molecular weight excluding hydrogens is 368 g/mol. The highest BCUT2D eigenvalue weighted by Crippen LogP contribution is 2.13. The molecule has 2 aromatic rings. The van der Waals surface area contributed by atoms with Gasteiger partial charge >= 0.3 is 11.9 Å². The fourth-order valence-electron chi connectivity index (χ4n) is 2.59. The summed E-state index contributed by atoms with van der Waals surface area (Å²) in [5, 5.41) is 0. The van der Waals surface area contributed by atoms with Gasteiger partial charge in [0.05, 0.1) is 13.2 Å². The molecular formula is C23H26N2O4. The van der Waals surface area contributed by atoms with Gasteiger partial charge < -0.3 is 20.9 Å². The first-order valence-corrected chi connectivity index (χ1v) is 9.24. The van der Waals surface area contributed by atoms with Crippen molar-refractivity contribution in [1.82, 2.24) is 0 Å². The monoisotopic (exact) mass is 394 g/mol. The maximum absolute atomic E-state index is 11.3. The van der Waals surface area contributed by atoms with E-state index in [2.05, 4.69) is 37.4 Å². The topological polar surface area (TPSA) is 105 Å². The van der Waals surface area contributed by atoms with Crippen LogP contribution < -0.4 is 11.5 Å². The molecule has 2 rings (SSSR count). The molecule has 6 heteroatoms. The highest BCUT2D eigenvalue weighted by molar-refractivity contribution is 5.86. The predicted molar refractivity (Wildman–Crippen MR) is 112 cm³/mol. The minimum atomic E-state index is -0.576. The lowest BCUT2D eigenvalue weighted by atomic mass is 10.0. The van der Waals surface area contributed by atoms with E-state index in [1.165, 1.54) is 11.1 Å². The summed E-state index contributed by atoms with van der Waals surface area (Å²) in [6.45, 7) is 7.22. The smallest absolute Gasteiger partial charge is 0.353 e. The molecule has 0 spiro atoms. The Kier molecular flexibility index (Phi) is 8.03. The molecule has 0 aliphatic rings. The van der Waals surface area contributed by atoms with Crippen LogP contribution in [-0.4, -0.2) is 25.2 Å². The quantitative estimate of drug-likeness (QED) is 0.474. The van der Waals surface area contributed by atoms with Gasteiger partial charge in [0.25, 0.3) is 0 Å². The Bertz CT molecular complexity index is 797. The van der Waals surface area contributed by atoms with E-state index in [1.54, 1.807) is 0 Å². The standard InChI is InChI=1S/C23H26N2O4/c1-16(24)22(26)28-13-11-18-3-7-20(8-4-18)15-21-9-5-19(6-10-21)12-14-29-23(27)17(2)25/h3-10H,1-2,11-15,24-25H2. The Labute approximate surface area is 170 Å². The molecule has 0 saturated heterocycles. The third kappa shape index (κ3) is 7.54. The number of esters is 2. The summed E-state index contributed by atoms with van der Waals surface area (Å²) in [7, 11) is 0. The number of carbonyl (C=O) groups is 2. The molecule has 0 atom stereocenters. The normalized spacial score (nSPS) is 10.2. The molecule has 0 amide bonds. The zero-order chi connectivity index (χ0) is 21.2. The largest absolute Gasteiger partial charge is 0.461 e. The first-order valence-electron chi connectivity index (χ1n) is 9.24. The van der Waals surface area contributed by atoms with E-state index in [-0.39, 0.29) is 24.6 Å². The predicted octanol–water partition coefficient (Wildman–Crippen LogP) is 2.39. The second kappa shape index (κ2) is 10.7. The molecule has 6 nitrogen and oxygen atoms in total. The van der Waals surface area contributed by atoms with E-state index in [9.17, 15) is 9.59 Å². The maximum Gasteiger partial charge on any atom is 0.353 e. The van der Waals surface area contributed by atoms with Crippen LogP contribution in [0.15, 0.2) is 73.1 Å². The van der Waals surface area contributed by atoms with Crippen LogP contribution >= 0.6 is 0 Å². The van der Waals surface area contributed by atoms with Crippen molar-refractivity contribution in [3.8, 4) is 0 Å². The minimum absolute atomic E-state index is 0.0890. The fraction of sp³-hybridized carbons (Fsp3) is 0.217. The lowest BCUT2D eigenvalue weighted by Crippen LogP contribution is -2.15. The molecule has 0 unspecified atom stereocenters. The highest BCUT2D eigenvalue weighted by Gasteiger charge is 2.05. The van der Waals surface area contributed by atoms with Crippen LogP contribution in [0.1, 0.15) is 22.3 Å². The molecule has 152 valence electrons. The van der Waals surface area contributed by atoms with Gasteiger partial charge in [-0.3, -0.25) is 0 Å². The summed E-state index contributed by atoms with van der Waals surface area (Å²) in [5.74, 6) is -1.15. The number of carbonyl (C=O) groups excluding carboxylic acids is 2. The first kappa shape index (κ1) is 21.8. The molecule has 0 aliphatic carbocycles. The second-order valence-corrected chi connectivity index (χ2v) is 6.63. The lowest BCUT2D eigenvalue weighted by Gasteiger charge is -2.07. The van der Waals surface area contributed by atoms with Crippen molar-refractivity contribution in [1.29, 1.82) is 0 Å². The Hall–Kier alpha value is -3.54. The number of benzene rings is 2. The van der Waals surface area contributed by atoms with Crippen LogP contribution in [0.5, 0.6) is 0 Å². The van der Waals surface area contributed by atoms with Gasteiger partial charge in [0, 0.05) is 12.8 Å². The third-order valence-electron chi connectivity index (χ3n) is 4.23. The SMILES string of the molecule is C=C(N)C(=O)OCCc1ccc(Cc2ccc(CCOC(=O)C(=C)N)cc2)cc1. The molecule has 0 heterocycles. The number of rotatable bonds is 10. The van der Waals surface area contributed by atoms with Crippen molar-refractivity contribution < 1.29 is 19.1 Å². The van der Waals surface area contributed by atoms with Crippen molar-refractivity contribution in [3.63, 3.8) is 0 Å². The van der Waals surface area contributed by atoms with E-state index in [0.29, 0.717) is 12.8 Å². The van der Waals surface area contributed by atoms with Crippen LogP contribution in [0.25, 0.3) is 0 Å². The Balaban J connectivity index is 1.79. The molecule has 2 aromatic carbocycles. The third-order valence-corrected chi connectivity index (χ3v) is 4.23. The van der Waals surface area contributed by atoms with Crippen molar-refractivity contribution in [2.75, 3.05) is 13.2 Å². The average Bonchev–Trinajstić information content (AvgIpc) is 2.70. The Morgan fingerprint density at radius 3 is 1.28 bits per heavy atom. The average molecular weight is 394 g/mol. The number of nitrogens with two attached hydrogens (primary N) is 2. The summed E-state index contributed by atoms with van der Waals surface area (Å²) in [5.41, 5.74) is 14.9. The molecule has 0 radical (unpaired) electrons.